The lowest BCUT2D eigenvalue weighted by Crippen LogP contribution is -2.43. The summed E-state index contributed by atoms with van der Waals surface area (Å²) in [7, 11) is 1.38. The van der Waals surface area contributed by atoms with Crippen molar-refractivity contribution in [2.24, 2.45) is 29.6 Å². The summed E-state index contributed by atoms with van der Waals surface area (Å²) in [6, 6.07) is 13.8. The molecule has 7 rings (SSSR count). The van der Waals surface area contributed by atoms with Gasteiger partial charge in [-0.05, 0) is 71.2 Å². The normalized spacial score (nSPS) is 26.2. The number of benzene rings is 3. The van der Waals surface area contributed by atoms with E-state index in [0.717, 1.165) is 15.9 Å². The standard InChI is InChI=1S/C33H25IN4O10/c1-48-25-11-15(10-24(34)29(25)39)26-20-8-9-21-27(32(42)35(30(21)40)16-4-2-6-18(12-16)37(44)45)22(20)14-23-28(26)33(43)36(31(23)41)17-5-3-7-19(13-17)38(46)47/h2-8,10-13,21-23,26-28,39H,9,14H2,1H3/t21-,22+,23+,26-,27-,28+/m0/s1. The molecular formula is C33H25IN4O10. The highest BCUT2D eigenvalue weighted by molar-refractivity contribution is 14.1. The Bertz CT molecular complexity index is 2010. The monoisotopic (exact) mass is 764 g/mol. The van der Waals surface area contributed by atoms with Crippen LogP contribution in [0.4, 0.5) is 22.7 Å². The lowest BCUT2D eigenvalue weighted by molar-refractivity contribution is -0.385. The Morgan fingerprint density at radius 3 is 1.92 bits per heavy atom. The van der Waals surface area contributed by atoms with E-state index in [1.54, 1.807) is 12.1 Å². The van der Waals surface area contributed by atoms with Gasteiger partial charge >= 0.3 is 0 Å². The van der Waals surface area contributed by atoms with Crippen molar-refractivity contribution in [3.8, 4) is 11.5 Å². The van der Waals surface area contributed by atoms with Crippen molar-refractivity contribution >= 4 is 69.0 Å². The van der Waals surface area contributed by atoms with Crippen LogP contribution in [0.1, 0.15) is 24.3 Å². The van der Waals surface area contributed by atoms with Crippen LogP contribution in [0.2, 0.25) is 0 Å². The number of phenolic OH excluding ortho intramolecular Hbond substituents is 1. The van der Waals surface area contributed by atoms with Gasteiger partial charge in [0.2, 0.25) is 23.6 Å². The van der Waals surface area contributed by atoms with E-state index < -0.39 is 69.0 Å². The van der Waals surface area contributed by atoms with E-state index in [1.165, 1.54) is 49.6 Å². The number of nitrogens with zero attached hydrogens (tertiary/aromatic N) is 4. The molecule has 1 N–H and O–H groups in total. The molecule has 48 heavy (non-hydrogen) atoms. The largest absolute Gasteiger partial charge is 0.504 e. The van der Waals surface area contributed by atoms with Crippen molar-refractivity contribution in [3.05, 3.63) is 102 Å². The predicted octanol–water partition coefficient (Wildman–Crippen LogP) is 4.87. The number of amides is 4. The third-order valence-corrected chi connectivity index (χ3v) is 10.7. The number of carbonyl (C=O) groups excluding carboxylic acids is 4. The number of imide groups is 2. The third kappa shape index (κ3) is 4.66. The molecule has 244 valence electrons. The molecule has 0 aromatic heterocycles. The van der Waals surface area contributed by atoms with Crippen molar-refractivity contribution < 1.29 is 38.9 Å². The molecule has 4 aliphatic rings. The minimum atomic E-state index is -0.957. The van der Waals surface area contributed by atoms with Crippen molar-refractivity contribution in [1.29, 1.82) is 0 Å². The number of methoxy groups -OCH3 is 1. The van der Waals surface area contributed by atoms with E-state index in [9.17, 15) is 44.5 Å². The second kappa shape index (κ2) is 11.5. The Kier molecular flexibility index (Phi) is 7.53. The smallest absolute Gasteiger partial charge is 0.271 e. The first-order valence-electron chi connectivity index (χ1n) is 14.9. The molecule has 2 aliphatic carbocycles. The highest BCUT2D eigenvalue weighted by Crippen LogP contribution is 2.59. The number of carbonyl (C=O) groups is 4. The molecule has 0 unspecified atom stereocenters. The maximum Gasteiger partial charge on any atom is 0.271 e. The molecule has 0 spiro atoms. The Hall–Kier alpha value is -5.19. The summed E-state index contributed by atoms with van der Waals surface area (Å²) in [5.41, 5.74) is 0.770. The Labute approximate surface area is 285 Å². The molecule has 15 heteroatoms. The minimum Gasteiger partial charge on any atom is -0.504 e. The molecule has 3 aromatic carbocycles. The van der Waals surface area contributed by atoms with Crippen LogP contribution in [-0.4, -0.2) is 45.7 Å². The number of anilines is 2. The van der Waals surface area contributed by atoms with Gasteiger partial charge in [-0.2, -0.15) is 0 Å². The zero-order valence-electron chi connectivity index (χ0n) is 25.0. The van der Waals surface area contributed by atoms with E-state index in [-0.39, 0.29) is 47.1 Å². The van der Waals surface area contributed by atoms with Crippen LogP contribution in [0, 0.1) is 53.4 Å². The van der Waals surface area contributed by atoms with Gasteiger partial charge in [0.1, 0.15) is 0 Å². The topological polar surface area (TPSA) is 190 Å². The van der Waals surface area contributed by atoms with Gasteiger partial charge in [-0.1, -0.05) is 23.8 Å². The van der Waals surface area contributed by atoms with Gasteiger partial charge in [0.25, 0.3) is 11.4 Å². The molecule has 3 aromatic rings. The fourth-order valence-electron chi connectivity index (χ4n) is 7.89. The summed E-state index contributed by atoms with van der Waals surface area (Å²) in [5.74, 6) is -7.21. The molecule has 6 atom stereocenters. The molecule has 14 nitrogen and oxygen atoms in total. The Balaban J connectivity index is 1.35. The SMILES string of the molecule is COc1cc([C@H]2C3=CC[C@@H]4C(=O)N(c5cccc([N+](=O)[O-])c5)C(=O)[C@@H]4[C@@H]3C[C@H]3C(=O)N(c4cccc([N+](=O)[O-])c4)C(=O)[C@@H]23)cc(I)c1O. The Morgan fingerprint density at radius 2 is 1.35 bits per heavy atom. The van der Waals surface area contributed by atoms with Crippen molar-refractivity contribution in [3.63, 3.8) is 0 Å². The first-order valence-corrected chi connectivity index (χ1v) is 16.0. The van der Waals surface area contributed by atoms with Gasteiger partial charge in [-0.3, -0.25) is 39.4 Å². The fourth-order valence-corrected chi connectivity index (χ4v) is 8.52. The zero-order chi connectivity index (χ0) is 34.2. The number of halogens is 1. The van der Waals surface area contributed by atoms with Crippen LogP contribution in [-0.2, 0) is 19.2 Å². The number of phenols is 1. The lowest BCUT2D eigenvalue weighted by Gasteiger charge is -2.44. The summed E-state index contributed by atoms with van der Waals surface area (Å²) in [5, 5.41) is 33.6. The van der Waals surface area contributed by atoms with Crippen LogP contribution in [0.25, 0.3) is 0 Å². The molecule has 0 radical (unpaired) electrons. The minimum absolute atomic E-state index is 0.0454. The zero-order valence-corrected chi connectivity index (χ0v) is 27.2. The number of allylic oxidation sites excluding steroid dienone is 2. The van der Waals surface area contributed by atoms with Crippen LogP contribution >= 0.6 is 22.6 Å². The summed E-state index contributed by atoms with van der Waals surface area (Å²) < 4.78 is 5.84. The van der Waals surface area contributed by atoms with Gasteiger partial charge < -0.3 is 9.84 Å². The lowest BCUT2D eigenvalue weighted by atomic mass is 9.57. The second-order valence-corrected chi connectivity index (χ2v) is 13.3. The molecular weight excluding hydrogens is 739 g/mol. The number of nitro groups is 2. The summed E-state index contributed by atoms with van der Waals surface area (Å²) >= 11 is 1.93. The summed E-state index contributed by atoms with van der Waals surface area (Å²) in [4.78, 5) is 80.1. The highest BCUT2D eigenvalue weighted by atomic mass is 127. The number of non-ortho nitro benzene ring substituents is 2. The maximum atomic E-state index is 14.3. The Morgan fingerprint density at radius 1 is 0.792 bits per heavy atom. The first kappa shape index (κ1) is 31.4. The molecule has 0 bridgehead atoms. The van der Waals surface area contributed by atoms with Gasteiger partial charge in [0.15, 0.2) is 11.5 Å². The molecule has 2 saturated heterocycles. The van der Waals surface area contributed by atoms with Crippen molar-refractivity contribution in [2.75, 3.05) is 16.9 Å². The fraction of sp³-hybridized carbons (Fsp3) is 0.273. The molecule has 3 fully saturated rings. The van der Waals surface area contributed by atoms with E-state index in [2.05, 4.69) is 0 Å². The van der Waals surface area contributed by atoms with Crippen molar-refractivity contribution in [2.45, 2.75) is 18.8 Å². The van der Waals surface area contributed by atoms with Gasteiger partial charge in [0.05, 0.1) is 55.6 Å². The number of rotatable bonds is 6. The second-order valence-electron chi connectivity index (χ2n) is 12.2. The van der Waals surface area contributed by atoms with Crippen LogP contribution in [0.3, 0.4) is 0 Å². The van der Waals surface area contributed by atoms with Crippen LogP contribution in [0.15, 0.2) is 72.3 Å². The maximum absolute atomic E-state index is 14.3. The number of hydrogen-bond acceptors (Lipinski definition) is 10. The number of nitro benzene ring substituents is 2. The predicted molar refractivity (Wildman–Crippen MR) is 176 cm³/mol. The van der Waals surface area contributed by atoms with Crippen molar-refractivity contribution in [1.82, 2.24) is 0 Å². The van der Waals surface area contributed by atoms with Crippen LogP contribution < -0.4 is 14.5 Å². The first-order chi connectivity index (χ1) is 22.9. The van der Waals surface area contributed by atoms with E-state index in [0.29, 0.717) is 14.7 Å². The quantitative estimate of drug-likeness (QED) is 0.119. The van der Waals surface area contributed by atoms with E-state index in [4.69, 9.17) is 4.74 Å². The summed E-state index contributed by atoms with van der Waals surface area (Å²) in [6.07, 6.45) is 2.05. The highest BCUT2D eigenvalue weighted by Gasteiger charge is 2.62. The number of aromatic hydroxyl groups is 1. The average Bonchev–Trinajstić information content (AvgIpc) is 3.48. The summed E-state index contributed by atoms with van der Waals surface area (Å²) in [6.45, 7) is 0. The van der Waals surface area contributed by atoms with Gasteiger partial charge in [0, 0.05) is 30.2 Å². The van der Waals surface area contributed by atoms with Gasteiger partial charge in [-0.25, -0.2) is 9.80 Å². The van der Waals surface area contributed by atoms with E-state index >= 15 is 0 Å². The molecule has 2 aliphatic heterocycles. The van der Waals surface area contributed by atoms with E-state index in [1.807, 2.05) is 28.7 Å². The van der Waals surface area contributed by atoms with Gasteiger partial charge in [-0.15, -0.1) is 0 Å². The molecule has 1 saturated carbocycles. The average molecular weight is 764 g/mol. The number of ether oxygens (including phenoxy) is 1. The van der Waals surface area contributed by atoms with Crippen LogP contribution in [0.5, 0.6) is 11.5 Å². The number of hydrogen-bond donors (Lipinski definition) is 1. The molecule has 2 heterocycles. The number of fused-ring (bicyclic) bond motifs is 4. The third-order valence-electron chi connectivity index (χ3n) is 9.88. The molecule has 4 amide bonds.